The van der Waals surface area contributed by atoms with E-state index in [0.717, 1.165) is 30.7 Å². The number of hydrogen-bond donors (Lipinski definition) is 2. The second-order valence-electron chi connectivity index (χ2n) is 6.61. The van der Waals surface area contributed by atoms with Gasteiger partial charge < -0.3 is 15.4 Å². The van der Waals surface area contributed by atoms with Crippen LogP contribution in [0.2, 0.25) is 0 Å². The van der Waals surface area contributed by atoms with E-state index in [1.165, 1.54) is 16.8 Å². The van der Waals surface area contributed by atoms with Crippen LogP contribution in [0.5, 0.6) is 5.75 Å². The zero-order chi connectivity index (χ0) is 18.7. The fraction of sp³-hybridized carbons (Fsp3) is 0.350. The predicted octanol–water partition coefficient (Wildman–Crippen LogP) is 3.48. The summed E-state index contributed by atoms with van der Waals surface area (Å²) in [5.41, 5.74) is 9.57. The first-order valence-electron chi connectivity index (χ1n) is 8.78. The molecule has 2 aromatic rings. The standard InChI is InChI=1S/C20H25N3O3/c1-14(16-5-3-7-18(12-16)26-2)22-10-4-6-17-11-15(8-9-19(17)22)13-23(25)20(21)24/h3,5,7-9,11-12,14,25H,4,6,10,13H2,1-2H3,(H2,21,24). The first kappa shape index (κ1) is 18.1. The first-order chi connectivity index (χ1) is 12.5. The molecule has 1 aliphatic heterocycles. The van der Waals surface area contributed by atoms with Gasteiger partial charge in [0.05, 0.1) is 19.7 Å². The molecule has 0 saturated carbocycles. The number of fused-ring (bicyclic) bond motifs is 1. The molecule has 1 aliphatic rings. The Labute approximate surface area is 153 Å². The molecule has 1 heterocycles. The van der Waals surface area contributed by atoms with Crippen molar-refractivity contribution in [3.8, 4) is 5.75 Å². The number of carbonyl (C=O) groups is 1. The fourth-order valence-electron chi connectivity index (χ4n) is 3.51. The second kappa shape index (κ2) is 7.66. The minimum Gasteiger partial charge on any atom is -0.497 e. The number of primary amides is 1. The van der Waals surface area contributed by atoms with Crippen molar-refractivity contribution in [2.45, 2.75) is 32.4 Å². The lowest BCUT2D eigenvalue weighted by atomic mass is 9.96. The fourth-order valence-corrected chi connectivity index (χ4v) is 3.51. The molecule has 1 atom stereocenters. The van der Waals surface area contributed by atoms with Crippen LogP contribution in [0.25, 0.3) is 0 Å². The Kier molecular flexibility index (Phi) is 5.32. The first-order valence-corrected chi connectivity index (χ1v) is 8.78. The number of amides is 2. The Morgan fingerprint density at radius 3 is 2.88 bits per heavy atom. The van der Waals surface area contributed by atoms with Gasteiger partial charge in [-0.1, -0.05) is 24.3 Å². The number of anilines is 1. The summed E-state index contributed by atoms with van der Waals surface area (Å²) in [6, 6.07) is 13.6. The van der Waals surface area contributed by atoms with Crippen LogP contribution in [-0.2, 0) is 13.0 Å². The number of hydrogen-bond acceptors (Lipinski definition) is 4. The molecule has 1 unspecified atom stereocenters. The molecule has 6 nitrogen and oxygen atoms in total. The van der Waals surface area contributed by atoms with Crippen molar-refractivity contribution < 1.29 is 14.7 Å². The molecule has 0 fully saturated rings. The van der Waals surface area contributed by atoms with E-state index in [2.05, 4.69) is 30.0 Å². The summed E-state index contributed by atoms with van der Waals surface area (Å²) in [6.45, 7) is 3.27. The van der Waals surface area contributed by atoms with Crippen LogP contribution in [0.15, 0.2) is 42.5 Å². The van der Waals surface area contributed by atoms with E-state index in [1.54, 1.807) is 7.11 Å². The van der Waals surface area contributed by atoms with E-state index in [9.17, 15) is 10.0 Å². The summed E-state index contributed by atoms with van der Waals surface area (Å²) >= 11 is 0. The van der Waals surface area contributed by atoms with Crippen molar-refractivity contribution in [1.29, 1.82) is 0 Å². The van der Waals surface area contributed by atoms with E-state index < -0.39 is 6.03 Å². The van der Waals surface area contributed by atoms with E-state index in [1.807, 2.05) is 24.3 Å². The van der Waals surface area contributed by atoms with Gasteiger partial charge in [-0.05, 0) is 54.7 Å². The summed E-state index contributed by atoms with van der Waals surface area (Å²) in [7, 11) is 1.68. The Morgan fingerprint density at radius 1 is 1.35 bits per heavy atom. The summed E-state index contributed by atoms with van der Waals surface area (Å²) in [4.78, 5) is 13.4. The van der Waals surface area contributed by atoms with Gasteiger partial charge in [0.1, 0.15) is 5.75 Å². The number of carbonyl (C=O) groups excluding carboxylic acids is 1. The van der Waals surface area contributed by atoms with E-state index >= 15 is 0 Å². The Hall–Kier alpha value is -2.73. The molecule has 2 amide bonds. The Morgan fingerprint density at radius 2 is 2.15 bits per heavy atom. The topological polar surface area (TPSA) is 79.0 Å². The number of nitrogens with two attached hydrogens (primary N) is 1. The molecule has 2 aromatic carbocycles. The van der Waals surface area contributed by atoms with Gasteiger partial charge in [0.15, 0.2) is 0 Å². The molecule has 3 N–H and O–H groups in total. The number of benzene rings is 2. The van der Waals surface area contributed by atoms with Gasteiger partial charge in [-0.2, -0.15) is 0 Å². The highest BCUT2D eigenvalue weighted by Gasteiger charge is 2.23. The zero-order valence-electron chi connectivity index (χ0n) is 15.2. The van der Waals surface area contributed by atoms with Crippen molar-refractivity contribution in [3.05, 3.63) is 59.2 Å². The van der Waals surface area contributed by atoms with Gasteiger partial charge in [0.2, 0.25) is 0 Å². The SMILES string of the molecule is COc1cccc(C(C)N2CCCc3cc(CN(O)C(N)=O)ccc32)c1. The average Bonchev–Trinajstić information content (AvgIpc) is 2.66. The summed E-state index contributed by atoms with van der Waals surface area (Å²) in [6.07, 6.45) is 2.04. The van der Waals surface area contributed by atoms with Crippen molar-refractivity contribution in [3.63, 3.8) is 0 Å². The van der Waals surface area contributed by atoms with Crippen LogP contribution < -0.4 is 15.4 Å². The summed E-state index contributed by atoms with van der Waals surface area (Å²) in [5, 5.41) is 10.1. The number of aryl methyl sites for hydroxylation is 1. The van der Waals surface area contributed by atoms with Crippen LogP contribution in [0, 0.1) is 0 Å². The van der Waals surface area contributed by atoms with Crippen LogP contribution in [0.3, 0.4) is 0 Å². The molecule has 0 bridgehead atoms. The van der Waals surface area contributed by atoms with Crippen LogP contribution >= 0.6 is 0 Å². The molecule has 0 saturated heterocycles. The molecular formula is C20H25N3O3. The van der Waals surface area contributed by atoms with Crippen molar-refractivity contribution in [2.24, 2.45) is 5.73 Å². The largest absolute Gasteiger partial charge is 0.497 e. The van der Waals surface area contributed by atoms with E-state index in [4.69, 9.17) is 10.5 Å². The van der Waals surface area contributed by atoms with Gasteiger partial charge in [-0.15, -0.1) is 0 Å². The quantitative estimate of drug-likeness (QED) is 0.636. The van der Waals surface area contributed by atoms with Gasteiger partial charge in [0.25, 0.3) is 0 Å². The lowest BCUT2D eigenvalue weighted by Gasteiger charge is -2.37. The van der Waals surface area contributed by atoms with Crippen LogP contribution in [0.4, 0.5) is 10.5 Å². The second-order valence-corrected chi connectivity index (χ2v) is 6.61. The van der Waals surface area contributed by atoms with E-state index in [-0.39, 0.29) is 12.6 Å². The van der Waals surface area contributed by atoms with Gasteiger partial charge in [-0.3, -0.25) is 5.21 Å². The third-order valence-electron chi connectivity index (χ3n) is 4.93. The average molecular weight is 355 g/mol. The Balaban J connectivity index is 1.85. The van der Waals surface area contributed by atoms with Crippen molar-refractivity contribution in [1.82, 2.24) is 5.06 Å². The van der Waals surface area contributed by atoms with Crippen LogP contribution in [0.1, 0.15) is 36.1 Å². The molecule has 3 rings (SSSR count). The third-order valence-corrected chi connectivity index (χ3v) is 4.93. The highest BCUT2D eigenvalue weighted by molar-refractivity contribution is 5.70. The number of rotatable bonds is 5. The maximum Gasteiger partial charge on any atom is 0.338 e. The predicted molar refractivity (Wildman–Crippen MR) is 100 cm³/mol. The molecule has 26 heavy (non-hydrogen) atoms. The highest BCUT2D eigenvalue weighted by atomic mass is 16.5. The maximum absolute atomic E-state index is 11.0. The summed E-state index contributed by atoms with van der Waals surface area (Å²) < 4.78 is 5.35. The number of hydroxylamine groups is 2. The third kappa shape index (κ3) is 3.75. The Bertz CT molecular complexity index is 794. The molecule has 6 heteroatoms. The van der Waals surface area contributed by atoms with Crippen LogP contribution in [-0.4, -0.2) is 30.0 Å². The van der Waals surface area contributed by atoms with Gasteiger partial charge in [-0.25, -0.2) is 9.86 Å². The molecule has 0 aromatic heterocycles. The maximum atomic E-state index is 11.0. The van der Waals surface area contributed by atoms with Gasteiger partial charge >= 0.3 is 6.03 Å². The smallest absolute Gasteiger partial charge is 0.338 e. The van der Waals surface area contributed by atoms with Crippen molar-refractivity contribution >= 4 is 11.7 Å². The molecular weight excluding hydrogens is 330 g/mol. The number of urea groups is 1. The zero-order valence-corrected chi connectivity index (χ0v) is 15.2. The number of methoxy groups -OCH3 is 1. The van der Waals surface area contributed by atoms with Crippen molar-refractivity contribution in [2.75, 3.05) is 18.6 Å². The minimum absolute atomic E-state index is 0.0913. The van der Waals surface area contributed by atoms with Gasteiger partial charge in [0, 0.05) is 12.2 Å². The minimum atomic E-state index is -0.851. The summed E-state index contributed by atoms with van der Waals surface area (Å²) in [5.74, 6) is 0.858. The lowest BCUT2D eigenvalue weighted by molar-refractivity contribution is -0.0470. The normalized spacial score (nSPS) is 14.5. The number of ether oxygens (including phenoxy) is 1. The number of nitrogens with zero attached hydrogens (tertiary/aromatic N) is 2. The monoisotopic (exact) mass is 355 g/mol. The molecule has 0 radical (unpaired) electrons. The highest BCUT2D eigenvalue weighted by Crippen LogP contribution is 2.35. The van der Waals surface area contributed by atoms with E-state index in [0.29, 0.717) is 5.06 Å². The molecule has 0 spiro atoms. The molecule has 138 valence electrons. The molecule has 0 aliphatic carbocycles. The lowest BCUT2D eigenvalue weighted by Crippen LogP contribution is -2.33.